The Balaban J connectivity index is 1.59. The van der Waals surface area contributed by atoms with E-state index in [0.29, 0.717) is 26.2 Å². The van der Waals surface area contributed by atoms with Crippen molar-refractivity contribution in [2.45, 2.75) is 25.3 Å². The molecule has 1 fully saturated rings. The van der Waals surface area contributed by atoms with E-state index in [4.69, 9.17) is 4.74 Å². The number of amides is 1. The van der Waals surface area contributed by atoms with Crippen molar-refractivity contribution in [1.29, 1.82) is 0 Å². The zero-order valence-electron chi connectivity index (χ0n) is 12.4. The third kappa shape index (κ3) is 3.90. The molecule has 0 spiro atoms. The number of thiophene rings is 1. The highest BCUT2D eigenvalue weighted by atomic mass is 32.1. The molecular weight excluding hydrogens is 298 g/mol. The Bertz CT molecular complexity index is 589. The number of ether oxygens (including phenoxy) is 1. The molecule has 0 radical (unpaired) electrons. The largest absolute Gasteiger partial charge is 0.377 e. The number of carbonyl (C=O) groups excluding carboxylic acids is 1. The maximum absolute atomic E-state index is 12.5. The molecule has 1 aliphatic rings. The van der Waals surface area contributed by atoms with Crippen LogP contribution in [0.15, 0.2) is 36.1 Å². The lowest BCUT2D eigenvalue weighted by Gasteiger charge is -2.35. The van der Waals surface area contributed by atoms with Crippen molar-refractivity contribution in [3.05, 3.63) is 46.7 Å². The summed E-state index contributed by atoms with van der Waals surface area (Å²) in [6, 6.07) is 4.12. The van der Waals surface area contributed by atoms with Gasteiger partial charge in [-0.15, -0.1) is 11.3 Å². The molecule has 1 atom stereocenters. The van der Waals surface area contributed by atoms with Gasteiger partial charge in [0.05, 0.1) is 31.4 Å². The van der Waals surface area contributed by atoms with Gasteiger partial charge in [-0.25, -0.2) is 0 Å². The number of aromatic nitrogens is 2. The molecule has 0 saturated carbocycles. The fourth-order valence-electron chi connectivity index (χ4n) is 2.66. The van der Waals surface area contributed by atoms with Crippen LogP contribution in [0.3, 0.4) is 0 Å². The molecule has 0 aliphatic carbocycles. The molecule has 3 heterocycles. The highest BCUT2D eigenvalue weighted by Gasteiger charge is 2.27. The minimum atomic E-state index is 0.128. The van der Waals surface area contributed by atoms with Crippen molar-refractivity contribution in [3.63, 3.8) is 0 Å². The van der Waals surface area contributed by atoms with E-state index >= 15 is 0 Å². The van der Waals surface area contributed by atoms with Crippen LogP contribution < -0.4 is 0 Å². The van der Waals surface area contributed by atoms with Gasteiger partial charge in [-0.05, 0) is 24.3 Å². The summed E-state index contributed by atoms with van der Waals surface area (Å²) in [7, 11) is 0. The number of morpholine rings is 1. The van der Waals surface area contributed by atoms with Crippen LogP contribution in [-0.2, 0) is 22.4 Å². The fraction of sp³-hybridized carbons (Fsp3) is 0.438. The second kappa shape index (κ2) is 7.47. The van der Waals surface area contributed by atoms with Crippen LogP contribution in [0, 0.1) is 0 Å². The molecule has 0 bridgehead atoms. The third-order valence-corrected chi connectivity index (χ3v) is 4.68. The predicted octanol–water partition coefficient (Wildman–Crippen LogP) is 1.94. The minimum Gasteiger partial charge on any atom is -0.377 e. The molecule has 1 amide bonds. The lowest BCUT2D eigenvalue weighted by Crippen LogP contribution is -2.49. The number of rotatable bonds is 5. The normalized spacial score (nSPS) is 18.4. The number of aryl methyl sites for hydroxylation is 1. The van der Waals surface area contributed by atoms with Gasteiger partial charge in [0.15, 0.2) is 0 Å². The average Bonchev–Trinajstić information content (AvgIpc) is 3.07. The summed E-state index contributed by atoms with van der Waals surface area (Å²) in [4.78, 5) is 24.0. The van der Waals surface area contributed by atoms with Crippen LogP contribution in [0.1, 0.15) is 17.0 Å². The third-order valence-electron chi connectivity index (χ3n) is 3.80. The number of carbonyl (C=O) groups is 1. The molecule has 2 aromatic rings. The minimum absolute atomic E-state index is 0.128. The van der Waals surface area contributed by atoms with Crippen molar-refractivity contribution >= 4 is 17.2 Å². The van der Waals surface area contributed by atoms with Gasteiger partial charge in [-0.1, -0.05) is 6.07 Å². The molecule has 116 valence electrons. The number of hydrogen-bond donors (Lipinski definition) is 0. The highest BCUT2D eigenvalue weighted by Crippen LogP contribution is 2.17. The van der Waals surface area contributed by atoms with E-state index in [1.807, 2.05) is 22.4 Å². The van der Waals surface area contributed by atoms with Crippen molar-refractivity contribution < 1.29 is 9.53 Å². The fourth-order valence-corrected chi connectivity index (χ4v) is 3.36. The summed E-state index contributed by atoms with van der Waals surface area (Å²) in [6.07, 6.45) is 7.30. The Morgan fingerprint density at radius 1 is 1.45 bits per heavy atom. The number of hydrogen-bond acceptors (Lipinski definition) is 5. The van der Waals surface area contributed by atoms with E-state index in [-0.39, 0.29) is 11.9 Å². The van der Waals surface area contributed by atoms with E-state index in [1.165, 1.54) is 0 Å². The maximum atomic E-state index is 12.5. The highest BCUT2D eigenvalue weighted by molar-refractivity contribution is 7.10. The Labute approximate surface area is 134 Å². The molecule has 2 aromatic heterocycles. The molecular formula is C16H19N3O2S. The summed E-state index contributed by atoms with van der Waals surface area (Å²) in [6.45, 7) is 1.91. The molecule has 3 rings (SSSR count). The zero-order chi connectivity index (χ0) is 15.2. The quantitative estimate of drug-likeness (QED) is 0.846. The lowest BCUT2D eigenvalue weighted by molar-refractivity contribution is -0.139. The second-order valence-electron chi connectivity index (χ2n) is 5.31. The Morgan fingerprint density at radius 2 is 2.41 bits per heavy atom. The average molecular weight is 317 g/mol. The van der Waals surface area contributed by atoms with E-state index in [9.17, 15) is 4.79 Å². The predicted molar refractivity (Wildman–Crippen MR) is 84.7 cm³/mol. The Kier molecular flexibility index (Phi) is 5.13. The van der Waals surface area contributed by atoms with Gasteiger partial charge in [0.1, 0.15) is 0 Å². The van der Waals surface area contributed by atoms with Crippen molar-refractivity contribution in [2.24, 2.45) is 0 Å². The first-order valence-electron chi connectivity index (χ1n) is 7.47. The summed E-state index contributed by atoms with van der Waals surface area (Å²) in [5.41, 5.74) is 0.957. The van der Waals surface area contributed by atoms with Crippen LogP contribution in [0.5, 0.6) is 0 Å². The maximum Gasteiger partial charge on any atom is 0.228 e. The van der Waals surface area contributed by atoms with Gasteiger partial charge in [-0.2, -0.15) is 0 Å². The first kappa shape index (κ1) is 15.1. The van der Waals surface area contributed by atoms with Crippen molar-refractivity contribution in [1.82, 2.24) is 14.9 Å². The summed E-state index contributed by atoms with van der Waals surface area (Å²) >= 11 is 1.63. The van der Waals surface area contributed by atoms with Crippen LogP contribution in [0.4, 0.5) is 0 Å². The van der Waals surface area contributed by atoms with Crippen molar-refractivity contribution in [3.8, 4) is 0 Å². The van der Waals surface area contributed by atoms with Gasteiger partial charge in [0, 0.05) is 30.0 Å². The molecule has 0 aromatic carbocycles. The van der Waals surface area contributed by atoms with E-state index in [1.54, 1.807) is 29.9 Å². The summed E-state index contributed by atoms with van der Waals surface area (Å²) in [5, 5.41) is 2.01. The van der Waals surface area contributed by atoms with Crippen LogP contribution >= 0.6 is 11.3 Å². The van der Waals surface area contributed by atoms with Crippen molar-refractivity contribution in [2.75, 3.05) is 19.8 Å². The molecule has 1 saturated heterocycles. The second-order valence-corrected chi connectivity index (χ2v) is 6.34. The summed E-state index contributed by atoms with van der Waals surface area (Å²) in [5.74, 6) is 0.190. The molecule has 22 heavy (non-hydrogen) atoms. The number of nitrogens with zero attached hydrogens (tertiary/aromatic N) is 3. The molecule has 5 nitrogen and oxygen atoms in total. The van der Waals surface area contributed by atoms with Crippen LogP contribution in [0.25, 0.3) is 0 Å². The van der Waals surface area contributed by atoms with E-state index in [2.05, 4.69) is 9.97 Å². The standard InChI is InChI=1S/C16H19N3O2S/c20-16(10-15-2-1-9-22-15)19-7-8-21-12-14(19)4-3-13-11-17-5-6-18-13/h1-2,5-6,9,11,14H,3-4,7-8,10,12H2. The van der Waals surface area contributed by atoms with Gasteiger partial charge in [0.2, 0.25) is 5.91 Å². The topological polar surface area (TPSA) is 55.3 Å². The first-order chi connectivity index (χ1) is 10.8. The molecule has 1 aliphatic heterocycles. The van der Waals surface area contributed by atoms with Crippen LogP contribution in [-0.4, -0.2) is 46.6 Å². The van der Waals surface area contributed by atoms with Gasteiger partial charge in [0.25, 0.3) is 0 Å². The smallest absolute Gasteiger partial charge is 0.228 e. The van der Waals surface area contributed by atoms with Crippen LogP contribution in [0.2, 0.25) is 0 Å². The Hall–Kier alpha value is -1.79. The summed E-state index contributed by atoms with van der Waals surface area (Å²) < 4.78 is 5.56. The van der Waals surface area contributed by atoms with Gasteiger partial charge >= 0.3 is 0 Å². The van der Waals surface area contributed by atoms with Gasteiger partial charge in [-0.3, -0.25) is 14.8 Å². The SMILES string of the molecule is O=C(Cc1cccs1)N1CCOCC1CCc1cnccn1. The molecule has 1 unspecified atom stereocenters. The first-order valence-corrected chi connectivity index (χ1v) is 8.35. The molecule has 6 heteroatoms. The lowest BCUT2D eigenvalue weighted by atomic mass is 10.1. The Morgan fingerprint density at radius 3 is 3.18 bits per heavy atom. The van der Waals surface area contributed by atoms with E-state index in [0.717, 1.165) is 23.4 Å². The van der Waals surface area contributed by atoms with E-state index < -0.39 is 0 Å². The zero-order valence-corrected chi connectivity index (χ0v) is 13.2. The van der Waals surface area contributed by atoms with Gasteiger partial charge < -0.3 is 9.64 Å². The molecule has 0 N–H and O–H groups in total. The monoisotopic (exact) mass is 317 g/mol.